The van der Waals surface area contributed by atoms with Crippen LogP contribution in [-0.4, -0.2) is 38.3 Å². The summed E-state index contributed by atoms with van der Waals surface area (Å²) in [6.45, 7) is 12.1. The van der Waals surface area contributed by atoms with E-state index >= 15 is 0 Å². The Bertz CT molecular complexity index is 570. The first kappa shape index (κ1) is 26.0. The minimum absolute atomic E-state index is 0.193. The standard InChI is InChI=1S/C11H14NO2Se.3C4H9.Sn/c1-9(2)7-8-15-11-6-4-3-5-10(11)12(13)14;3*1-3-4-2;/h3-6H,7-8H2,1-2H3;3*1,3-4H2,2H3;. The molecule has 5 heteroatoms. The van der Waals surface area contributed by atoms with Crippen molar-refractivity contribution in [3.8, 4) is 0 Å². The SMILES string of the molecule is CCC[CH2][Sn]([CH2]CCC)([CH2]CCC)[C](C)(C)CC[Se]c1ccccc1[N+](=O)[O-]. The van der Waals surface area contributed by atoms with Crippen LogP contribution >= 0.6 is 0 Å². The Labute approximate surface area is 183 Å². The van der Waals surface area contributed by atoms with Crippen LogP contribution in [0.4, 0.5) is 5.69 Å². The number of unbranched alkanes of at least 4 members (excludes halogenated alkanes) is 3. The molecule has 0 heterocycles. The first-order valence-corrected chi connectivity index (χ1v) is 20.7. The van der Waals surface area contributed by atoms with E-state index in [0.29, 0.717) is 9.12 Å². The van der Waals surface area contributed by atoms with Crippen molar-refractivity contribution in [3.05, 3.63) is 34.4 Å². The molecule has 0 spiro atoms. The van der Waals surface area contributed by atoms with Crippen molar-refractivity contribution < 1.29 is 4.92 Å². The second-order valence-electron chi connectivity index (χ2n) is 8.80. The van der Waals surface area contributed by atoms with Crippen molar-refractivity contribution >= 4 is 43.5 Å². The summed E-state index contributed by atoms with van der Waals surface area (Å²) in [5.74, 6) is 0. The van der Waals surface area contributed by atoms with Crippen LogP contribution < -0.4 is 4.46 Å². The predicted molar refractivity (Wildman–Crippen MR) is 127 cm³/mol. The molecule has 3 nitrogen and oxygen atoms in total. The summed E-state index contributed by atoms with van der Waals surface area (Å²) in [7, 11) is 0. The van der Waals surface area contributed by atoms with Crippen molar-refractivity contribution in [1.82, 2.24) is 0 Å². The fourth-order valence-electron chi connectivity index (χ4n) is 4.35. The van der Waals surface area contributed by atoms with Gasteiger partial charge in [0, 0.05) is 0 Å². The molecule has 0 radical (unpaired) electrons. The number of nitrogens with zero attached hydrogens (tertiary/aromatic N) is 1. The Balaban J connectivity index is 2.93. The van der Waals surface area contributed by atoms with E-state index in [1.807, 2.05) is 12.1 Å². The molecule has 0 aliphatic carbocycles. The first-order valence-electron chi connectivity index (χ1n) is 11.2. The fourth-order valence-corrected chi connectivity index (χ4v) is 26.9. The maximum atomic E-state index is 11.3. The van der Waals surface area contributed by atoms with Gasteiger partial charge in [-0.05, 0) is 0 Å². The molecular weight excluding hydrogens is 520 g/mol. The maximum absolute atomic E-state index is 11.3. The summed E-state index contributed by atoms with van der Waals surface area (Å²) in [6.07, 6.45) is 9.41. The van der Waals surface area contributed by atoms with E-state index in [4.69, 9.17) is 0 Å². The van der Waals surface area contributed by atoms with E-state index in [1.54, 1.807) is 12.1 Å². The topological polar surface area (TPSA) is 43.1 Å². The quantitative estimate of drug-likeness (QED) is 0.128. The molecule has 0 aliphatic heterocycles. The van der Waals surface area contributed by atoms with Crippen LogP contribution in [-0.2, 0) is 0 Å². The Morgan fingerprint density at radius 3 is 1.93 bits per heavy atom. The van der Waals surface area contributed by atoms with E-state index in [1.165, 1.54) is 58.3 Å². The van der Waals surface area contributed by atoms with E-state index in [9.17, 15) is 10.1 Å². The van der Waals surface area contributed by atoms with Gasteiger partial charge in [0.2, 0.25) is 0 Å². The molecule has 0 unspecified atom stereocenters. The Morgan fingerprint density at radius 1 is 0.964 bits per heavy atom. The molecule has 0 N–H and O–H groups in total. The second-order valence-corrected chi connectivity index (χ2v) is 26.6. The van der Waals surface area contributed by atoms with Crippen molar-refractivity contribution in [2.75, 3.05) is 0 Å². The van der Waals surface area contributed by atoms with Crippen LogP contribution in [0.1, 0.15) is 79.6 Å². The van der Waals surface area contributed by atoms with Crippen molar-refractivity contribution in [2.45, 2.75) is 102 Å². The van der Waals surface area contributed by atoms with Crippen LogP contribution in [0.5, 0.6) is 0 Å². The third-order valence-electron chi connectivity index (χ3n) is 6.51. The molecule has 1 rings (SSSR count). The van der Waals surface area contributed by atoms with Crippen LogP contribution in [0, 0.1) is 10.1 Å². The third kappa shape index (κ3) is 7.64. The Hall–Kier alpha value is -0.0618. The number of benzene rings is 1. The molecule has 0 aliphatic rings. The van der Waals surface area contributed by atoms with Gasteiger partial charge in [-0.1, -0.05) is 0 Å². The van der Waals surface area contributed by atoms with Crippen molar-refractivity contribution in [1.29, 1.82) is 0 Å². The summed E-state index contributed by atoms with van der Waals surface area (Å²) in [5, 5.41) is 12.5. The van der Waals surface area contributed by atoms with Gasteiger partial charge in [-0.3, -0.25) is 0 Å². The molecule has 0 bridgehead atoms. The monoisotopic (exact) mass is 563 g/mol. The number of hydrogen-bond acceptors (Lipinski definition) is 2. The van der Waals surface area contributed by atoms with E-state index < -0.39 is 18.4 Å². The van der Waals surface area contributed by atoms with E-state index in [-0.39, 0.29) is 19.9 Å². The zero-order chi connectivity index (χ0) is 21.0. The van der Waals surface area contributed by atoms with Crippen LogP contribution in [0.3, 0.4) is 0 Å². The van der Waals surface area contributed by atoms with Crippen molar-refractivity contribution in [3.63, 3.8) is 0 Å². The fraction of sp³-hybridized carbons (Fsp3) is 0.739. The zero-order valence-electron chi connectivity index (χ0n) is 18.8. The zero-order valence-corrected chi connectivity index (χ0v) is 23.3. The molecule has 0 aromatic heterocycles. The van der Waals surface area contributed by atoms with Gasteiger partial charge in [-0.25, -0.2) is 0 Å². The number of nitro benzene ring substituents is 1. The van der Waals surface area contributed by atoms with E-state index in [0.717, 1.165) is 9.78 Å². The number of nitro groups is 1. The molecule has 0 amide bonds. The Morgan fingerprint density at radius 2 is 1.46 bits per heavy atom. The molecular formula is C23H41NO2SeSn. The molecule has 0 fully saturated rings. The van der Waals surface area contributed by atoms with Gasteiger partial charge in [0.25, 0.3) is 0 Å². The van der Waals surface area contributed by atoms with E-state index in [2.05, 4.69) is 34.6 Å². The number of rotatable bonds is 15. The summed E-state index contributed by atoms with van der Waals surface area (Å²) < 4.78 is 6.07. The van der Waals surface area contributed by atoms with Gasteiger partial charge in [0.1, 0.15) is 0 Å². The molecule has 1 aromatic carbocycles. The van der Waals surface area contributed by atoms with Gasteiger partial charge >= 0.3 is 184 Å². The van der Waals surface area contributed by atoms with Gasteiger partial charge in [-0.15, -0.1) is 0 Å². The van der Waals surface area contributed by atoms with Gasteiger partial charge < -0.3 is 0 Å². The predicted octanol–water partition coefficient (Wildman–Crippen LogP) is 7.36. The van der Waals surface area contributed by atoms with Gasteiger partial charge in [0.15, 0.2) is 0 Å². The number of hydrogen-bond donors (Lipinski definition) is 0. The molecule has 0 saturated carbocycles. The minimum atomic E-state index is -2.30. The average Bonchev–Trinajstić information content (AvgIpc) is 2.67. The molecule has 1 aromatic rings. The molecule has 160 valence electrons. The number of para-hydroxylation sites is 1. The molecule has 28 heavy (non-hydrogen) atoms. The summed E-state index contributed by atoms with van der Waals surface area (Å²) in [5.41, 5.74) is 0.318. The van der Waals surface area contributed by atoms with Crippen molar-refractivity contribution in [2.24, 2.45) is 0 Å². The van der Waals surface area contributed by atoms with Crippen LogP contribution in [0.25, 0.3) is 0 Å². The molecule has 0 atom stereocenters. The van der Waals surface area contributed by atoms with Gasteiger partial charge in [0.05, 0.1) is 0 Å². The normalized spacial score (nSPS) is 12.3. The van der Waals surface area contributed by atoms with Crippen LogP contribution in [0.15, 0.2) is 24.3 Å². The summed E-state index contributed by atoms with van der Waals surface area (Å²) in [6, 6.07) is 7.36. The van der Waals surface area contributed by atoms with Crippen LogP contribution in [0.2, 0.25) is 22.1 Å². The molecule has 0 saturated heterocycles. The first-order chi connectivity index (χ1) is 13.3. The second kappa shape index (κ2) is 13.3. The average molecular weight is 561 g/mol. The van der Waals surface area contributed by atoms with Gasteiger partial charge in [-0.2, -0.15) is 0 Å². The summed E-state index contributed by atoms with van der Waals surface area (Å²) in [4.78, 5) is 11.1. The summed E-state index contributed by atoms with van der Waals surface area (Å²) >= 11 is -2.11. The Kier molecular flexibility index (Phi) is 12.3. The third-order valence-corrected chi connectivity index (χ3v) is 28.9.